The van der Waals surface area contributed by atoms with Gasteiger partial charge >= 0.3 is 0 Å². The van der Waals surface area contributed by atoms with Crippen LogP contribution in [0.4, 0.5) is 0 Å². The van der Waals surface area contributed by atoms with E-state index in [2.05, 4.69) is 10.2 Å². The molecule has 0 bridgehead atoms. The second kappa shape index (κ2) is 6.29. The Hall–Kier alpha value is -0.940. The van der Waals surface area contributed by atoms with Crippen LogP contribution in [0.15, 0.2) is 0 Å². The molecule has 2 heterocycles. The van der Waals surface area contributed by atoms with Crippen molar-refractivity contribution in [3.8, 4) is 0 Å². The summed E-state index contributed by atoms with van der Waals surface area (Å²) in [6.45, 7) is 3.07. The summed E-state index contributed by atoms with van der Waals surface area (Å²) < 4.78 is 0. The standard InChI is InChI=1S/C13H23N3O2/c1-15(11-4-2-7-14-8-6-11)10-13(18)16-9-3-5-12(16)17/h11,14H,2-10H2,1H3. The Morgan fingerprint density at radius 1 is 1.39 bits per heavy atom. The zero-order valence-electron chi connectivity index (χ0n) is 11.2. The van der Waals surface area contributed by atoms with Gasteiger partial charge in [-0.25, -0.2) is 0 Å². The molecule has 0 radical (unpaired) electrons. The zero-order valence-corrected chi connectivity index (χ0v) is 11.2. The minimum atomic E-state index is -0.0304. The van der Waals surface area contributed by atoms with Crippen LogP contribution in [0.2, 0.25) is 0 Å². The molecule has 0 aromatic heterocycles. The van der Waals surface area contributed by atoms with Crippen molar-refractivity contribution in [1.29, 1.82) is 0 Å². The van der Waals surface area contributed by atoms with Gasteiger partial charge in [-0.15, -0.1) is 0 Å². The fourth-order valence-corrected chi connectivity index (χ4v) is 2.78. The van der Waals surface area contributed by atoms with Crippen LogP contribution < -0.4 is 5.32 Å². The highest BCUT2D eigenvalue weighted by atomic mass is 16.2. The molecular formula is C13H23N3O2. The quantitative estimate of drug-likeness (QED) is 0.781. The van der Waals surface area contributed by atoms with E-state index in [1.54, 1.807) is 0 Å². The van der Waals surface area contributed by atoms with Crippen LogP contribution in [-0.4, -0.2) is 60.9 Å². The SMILES string of the molecule is CN(CC(=O)N1CCCC1=O)C1CCCNCC1. The van der Waals surface area contributed by atoms with E-state index in [9.17, 15) is 9.59 Å². The normalized spacial score (nSPS) is 25.6. The summed E-state index contributed by atoms with van der Waals surface area (Å²) in [5.41, 5.74) is 0. The Labute approximate surface area is 108 Å². The molecule has 1 atom stereocenters. The van der Waals surface area contributed by atoms with E-state index in [4.69, 9.17) is 0 Å². The molecule has 1 N–H and O–H groups in total. The van der Waals surface area contributed by atoms with E-state index in [0.29, 0.717) is 25.6 Å². The lowest BCUT2D eigenvalue weighted by Crippen LogP contribution is -2.43. The second-order valence-electron chi connectivity index (χ2n) is 5.29. The number of rotatable bonds is 3. The van der Waals surface area contributed by atoms with Gasteiger partial charge in [-0.1, -0.05) is 0 Å². The number of hydrogen-bond donors (Lipinski definition) is 1. The van der Waals surface area contributed by atoms with E-state index in [1.165, 1.54) is 4.90 Å². The Morgan fingerprint density at radius 3 is 2.94 bits per heavy atom. The Morgan fingerprint density at radius 2 is 2.22 bits per heavy atom. The largest absolute Gasteiger partial charge is 0.317 e. The molecule has 0 saturated carbocycles. The maximum absolute atomic E-state index is 12.0. The smallest absolute Gasteiger partial charge is 0.243 e. The van der Waals surface area contributed by atoms with Gasteiger partial charge in [0.25, 0.3) is 0 Å². The van der Waals surface area contributed by atoms with Gasteiger partial charge in [-0.05, 0) is 45.8 Å². The number of nitrogens with one attached hydrogen (secondary N) is 1. The minimum absolute atomic E-state index is 0.00377. The van der Waals surface area contributed by atoms with Gasteiger partial charge in [0.05, 0.1) is 6.54 Å². The molecule has 0 aliphatic carbocycles. The van der Waals surface area contributed by atoms with E-state index in [1.807, 2.05) is 7.05 Å². The highest BCUT2D eigenvalue weighted by Crippen LogP contribution is 2.14. The summed E-state index contributed by atoms with van der Waals surface area (Å²) in [4.78, 5) is 27.1. The van der Waals surface area contributed by atoms with Crippen molar-refractivity contribution < 1.29 is 9.59 Å². The number of carbonyl (C=O) groups excluding carboxylic acids is 2. The molecule has 0 aromatic rings. The fraction of sp³-hybridized carbons (Fsp3) is 0.846. The van der Waals surface area contributed by atoms with Crippen LogP contribution in [0.25, 0.3) is 0 Å². The van der Waals surface area contributed by atoms with Gasteiger partial charge in [0.1, 0.15) is 0 Å². The van der Waals surface area contributed by atoms with Crippen molar-refractivity contribution in [3.05, 3.63) is 0 Å². The third-order valence-electron chi connectivity index (χ3n) is 3.93. The van der Waals surface area contributed by atoms with Crippen molar-refractivity contribution in [2.24, 2.45) is 0 Å². The van der Waals surface area contributed by atoms with Crippen LogP contribution in [0.5, 0.6) is 0 Å². The maximum Gasteiger partial charge on any atom is 0.243 e. The summed E-state index contributed by atoms with van der Waals surface area (Å²) in [5, 5.41) is 3.37. The maximum atomic E-state index is 12.0. The molecule has 2 fully saturated rings. The first-order chi connectivity index (χ1) is 8.68. The third kappa shape index (κ3) is 3.29. The van der Waals surface area contributed by atoms with Gasteiger partial charge in [0.2, 0.25) is 11.8 Å². The molecule has 2 saturated heterocycles. The molecule has 2 aliphatic rings. The number of imide groups is 1. The first-order valence-electron chi connectivity index (χ1n) is 6.92. The van der Waals surface area contributed by atoms with E-state index in [0.717, 1.165) is 38.8 Å². The zero-order chi connectivity index (χ0) is 13.0. The third-order valence-corrected chi connectivity index (χ3v) is 3.93. The lowest BCUT2D eigenvalue weighted by atomic mass is 10.1. The lowest BCUT2D eigenvalue weighted by Gasteiger charge is -2.27. The molecule has 2 rings (SSSR count). The van der Waals surface area contributed by atoms with Crippen molar-refractivity contribution in [2.45, 2.75) is 38.1 Å². The molecule has 102 valence electrons. The Bertz CT molecular complexity index is 311. The molecule has 1 unspecified atom stereocenters. The number of likely N-dealkylation sites (tertiary alicyclic amines) is 1. The molecule has 2 amide bonds. The summed E-state index contributed by atoms with van der Waals surface area (Å²) in [6, 6.07) is 0.460. The molecule has 5 heteroatoms. The van der Waals surface area contributed by atoms with Gasteiger partial charge in [0.15, 0.2) is 0 Å². The topological polar surface area (TPSA) is 52.7 Å². The van der Waals surface area contributed by atoms with Crippen molar-refractivity contribution in [3.63, 3.8) is 0 Å². The van der Waals surface area contributed by atoms with Gasteiger partial charge in [0, 0.05) is 19.0 Å². The van der Waals surface area contributed by atoms with E-state index >= 15 is 0 Å². The fourth-order valence-electron chi connectivity index (χ4n) is 2.78. The lowest BCUT2D eigenvalue weighted by molar-refractivity contribution is -0.142. The summed E-state index contributed by atoms with van der Waals surface area (Å²) in [5.74, 6) is -0.0341. The van der Waals surface area contributed by atoms with Gasteiger partial charge < -0.3 is 5.32 Å². The van der Waals surface area contributed by atoms with Crippen LogP contribution in [0, 0.1) is 0 Å². The number of carbonyl (C=O) groups is 2. The second-order valence-corrected chi connectivity index (χ2v) is 5.29. The van der Waals surface area contributed by atoms with Crippen LogP contribution >= 0.6 is 0 Å². The number of likely N-dealkylation sites (N-methyl/N-ethyl adjacent to an activating group) is 1. The van der Waals surface area contributed by atoms with Crippen LogP contribution in [-0.2, 0) is 9.59 Å². The van der Waals surface area contributed by atoms with Crippen molar-refractivity contribution >= 4 is 11.8 Å². The van der Waals surface area contributed by atoms with Crippen molar-refractivity contribution in [2.75, 3.05) is 33.2 Å². The molecule has 5 nitrogen and oxygen atoms in total. The Kier molecular flexibility index (Phi) is 4.72. The van der Waals surface area contributed by atoms with Gasteiger partial charge in [-0.3, -0.25) is 19.4 Å². The van der Waals surface area contributed by atoms with Crippen LogP contribution in [0.1, 0.15) is 32.1 Å². The molecule has 18 heavy (non-hydrogen) atoms. The molecular weight excluding hydrogens is 230 g/mol. The summed E-state index contributed by atoms with van der Waals surface area (Å²) >= 11 is 0. The predicted molar refractivity (Wildman–Crippen MR) is 69.1 cm³/mol. The predicted octanol–water partition coefficient (Wildman–Crippen LogP) is 0.209. The summed E-state index contributed by atoms with van der Waals surface area (Å²) in [6.07, 6.45) is 4.72. The number of nitrogens with zero attached hydrogens (tertiary/aromatic N) is 2. The van der Waals surface area contributed by atoms with E-state index in [-0.39, 0.29) is 11.8 Å². The summed E-state index contributed by atoms with van der Waals surface area (Å²) in [7, 11) is 1.99. The van der Waals surface area contributed by atoms with Crippen molar-refractivity contribution in [1.82, 2.24) is 15.1 Å². The van der Waals surface area contributed by atoms with Crippen LogP contribution in [0.3, 0.4) is 0 Å². The molecule has 2 aliphatic heterocycles. The number of hydrogen-bond acceptors (Lipinski definition) is 4. The Balaban J connectivity index is 1.83. The highest BCUT2D eigenvalue weighted by Gasteiger charge is 2.28. The first kappa shape index (κ1) is 13.5. The first-order valence-corrected chi connectivity index (χ1v) is 6.92. The minimum Gasteiger partial charge on any atom is -0.317 e. The van der Waals surface area contributed by atoms with E-state index < -0.39 is 0 Å². The molecule has 0 aromatic carbocycles. The monoisotopic (exact) mass is 253 g/mol. The average molecular weight is 253 g/mol. The average Bonchev–Trinajstić information content (AvgIpc) is 2.63. The number of amides is 2. The molecule has 0 spiro atoms. The highest BCUT2D eigenvalue weighted by molar-refractivity contribution is 5.97. The van der Waals surface area contributed by atoms with Gasteiger partial charge in [-0.2, -0.15) is 0 Å².